The average molecular weight is 393 g/mol. The first-order valence-electron chi connectivity index (χ1n) is 8.58. The number of ether oxygens (including phenoxy) is 1. The third-order valence-electron chi connectivity index (χ3n) is 3.62. The molecule has 0 aliphatic rings. The van der Waals surface area contributed by atoms with Crippen LogP contribution in [-0.4, -0.2) is 40.3 Å². The highest BCUT2D eigenvalue weighted by Gasteiger charge is 2.06. The van der Waals surface area contributed by atoms with E-state index in [1.807, 2.05) is 6.92 Å². The molecule has 0 saturated carbocycles. The van der Waals surface area contributed by atoms with Crippen LogP contribution in [0.4, 0.5) is 4.39 Å². The molecule has 2 aromatic rings. The number of hydrogen-bond acceptors (Lipinski definition) is 4. The van der Waals surface area contributed by atoms with Crippen LogP contribution in [0.2, 0.25) is 0 Å². The maximum absolute atomic E-state index is 13.7. The lowest BCUT2D eigenvalue weighted by Crippen LogP contribution is -2.39. The van der Waals surface area contributed by atoms with E-state index in [0.29, 0.717) is 37.0 Å². The smallest absolute Gasteiger partial charge is 0.191 e. The van der Waals surface area contributed by atoms with Crippen molar-refractivity contribution in [2.45, 2.75) is 18.4 Å². The number of benzene rings is 2. The van der Waals surface area contributed by atoms with Gasteiger partial charge < -0.3 is 15.4 Å². The first-order valence-corrected chi connectivity index (χ1v) is 10.5. The summed E-state index contributed by atoms with van der Waals surface area (Å²) in [4.78, 5) is 4.61. The van der Waals surface area contributed by atoms with Gasteiger partial charge in [0.15, 0.2) is 15.8 Å². The maximum atomic E-state index is 13.7. The monoisotopic (exact) mass is 393 g/mol. The Kier molecular flexibility index (Phi) is 7.60. The molecule has 6 nitrogen and oxygen atoms in total. The lowest BCUT2D eigenvalue weighted by molar-refractivity contribution is 0.321. The van der Waals surface area contributed by atoms with E-state index in [2.05, 4.69) is 15.6 Å². The molecule has 2 aromatic carbocycles. The summed E-state index contributed by atoms with van der Waals surface area (Å²) in [7, 11) is -3.21. The molecule has 27 heavy (non-hydrogen) atoms. The van der Waals surface area contributed by atoms with Crippen LogP contribution < -0.4 is 15.4 Å². The molecule has 0 bridgehead atoms. The molecule has 2 rings (SSSR count). The topological polar surface area (TPSA) is 79.8 Å². The van der Waals surface area contributed by atoms with Crippen molar-refractivity contribution < 1.29 is 17.5 Å². The Labute approximate surface area is 159 Å². The van der Waals surface area contributed by atoms with Gasteiger partial charge in [0.25, 0.3) is 0 Å². The molecular weight excluding hydrogens is 369 g/mol. The molecule has 0 aromatic heterocycles. The van der Waals surface area contributed by atoms with Crippen molar-refractivity contribution in [3.8, 4) is 5.75 Å². The van der Waals surface area contributed by atoms with Crippen LogP contribution in [-0.2, 0) is 16.4 Å². The Bertz CT molecular complexity index is 868. The van der Waals surface area contributed by atoms with E-state index < -0.39 is 9.84 Å². The zero-order valence-electron chi connectivity index (χ0n) is 15.4. The molecule has 0 radical (unpaired) electrons. The molecule has 146 valence electrons. The molecule has 0 aliphatic carbocycles. The molecule has 8 heteroatoms. The SMILES string of the molecule is CCNC(=NCc1ccccc1F)NCCOc1ccc(S(C)(=O)=O)cc1. The summed E-state index contributed by atoms with van der Waals surface area (Å²) in [6.07, 6.45) is 1.16. The van der Waals surface area contributed by atoms with Crippen molar-refractivity contribution in [3.63, 3.8) is 0 Å². The molecule has 0 saturated heterocycles. The normalized spacial score (nSPS) is 11.9. The number of rotatable bonds is 8. The summed E-state index contributed by atoms with van der Waals surface area (Å²) in [5.41, 5.74) is 0.525. The van der Waals surface area contributed by atoms with E-state index >= 15 is 0 Å². The zero-order chi connectivity index (χ0) is 19.7. The van der Waals surface area contributed by atoms with Gasteiger partial charge in [0, 0.05) is 18.4 Å². The van der Waals surface area contributed by atoms with Gasteiger partial charge in [-0.05, 0) is 37.3 Å². The highest BCUT2D eigenvalue weighted by molar-refractivity contribution is 7.90. The van der Waals surface area contributed by atoms with Gasteiger partial charge in [-0.25, -0.2) is 17.8 Å². The number of hydrogen-bond donors (Lipinski definition) is 2. The molecule has 2 N–H and O–H groups in total. The van der Waals surface area contributed by atoms with Crippen molar-refractivity contribution >= 4 is 15.8 Å². The lowest BCUT2D eigenvalue weighted by atomic mass is 10.2. The van der Waals surface area contributed by atoms with Gasteiger partial charge in [-0.15, -0.1) is 0 Å². The number of sulfone groups is 1. The quantitative estimate of drug-likeness (QED) is 0.409. The van der Waals surface area contributed by atoms with Crippen LogP contribution in [0.5, 0.6) is 5.75 Å². The van der Waals surface area contributed by atoms with Crippen LogP contribution in [0.3, 0.4) is 0 Å². The lowest BCUT2D eigenvalue weighted by Gasteiger charge is -2.12. The fraction of sp³-hybridized carbons (Fsp3) is 0.316. The van der Waals surface area contributed by atoms with E-state index in [1.54, 1.807) is 30.3 Å². The van der Waals surface area contributed by atoms with Crippen LogP contribution in [0.1, 0.15) is 12.5 Å². The first-order chi connectivity index (χ1) is 12.9. The van der Waals surface area contributed by atoms with Crippen LogP contribution >= 0.6 is 0 Å². The minimum atomic E-state index is -3.21. The van der Waals surface area contributed by atoms with Crippen LogP contribution in [0.25, 0.3) is 0 Å². The minimum absolute atomic E-state index is 0.232. The predicted molar refractivity (Wildman–Crippen MR) is 104 cm³/mol. The molecular formula is C19H24FN3O3S. The fourth-order valence-corrected chi connectivity index (χ4v) is 2.88. The molecule has 0 amide bonds. The van der Waals surface area contributed by atoms with Gasteiger partial charge in [0.1, 0.15) is 18.2 Å². The largest absolute Gasteiger partial charge is 0.492 e. The third kappa shape index (κ3) is 6.90. The first kappa shape index (κ1) is 20.7. The molecule has 0 fully saturated rings. The molecule has 0 aliphatic heterocycles. The summed E-state index contributed by atoms with van der Waals surface area (Å²) in [5, 5.41) is 6.20. The van der Waals surface area contributed by atoms with E-state index in [0.717, 1.165) is 6.26 Å². The highest BCUT2D eigenvalue weighted by atomic mass is 32.2. The minimum Gasteiger partial charge on any atom is -0.492 e. The van der Waals surface area contributed by atoms with Crippen LogP contribution in [0, 0.1) is 5.82 Å². The van der Waals surface area contributed by atoms with Gasteiger partial charge in [-0.1, -0.05) is 18.2 Å². The van der Waals surface area contributed by atoms with E-state index in [4.69, 9.17) is 4.74 Å². The van der Waals surface area contributed by atoms with E-state index in [1.165, 1.54) is 18.2 Å². The van der Waals surface area contributed by atoms with Gasteiger partial charge in [-0.2, -0.15) is 0 Å². The standard InChI is InChI=1S/C19H24FN3O3S/c1-3-21-19(23-14-15-6-4-5-7-18(15)20)22-12-13-26-16-8-10-17(11-9-16)27(2,24)25/h4-11H,3,12-14H2,1-2H3,(H2,21,22,23). The van der Waals surface area contributed by atoms with E-state index in [-0.39, 0.29) is 17.3 Å². The summed E-state index contributed by atoms with van der Waals surface area (Å²) < 4.78 is 42.1. The summed E-state index contributed by atoms with van der Waals surface area (Å²) in [5.74, 6) is 0.868. The number of guanidine groups is 1. The third-order valence-corrected chi connectivity index (χ3v) is 4.75. The van der Waals surface area contributed by atoms with Gasteiger partial charge in [0.05, 0.1) is 18.0 Å². The van der Waals surface area contributed by atoms with Crippen LogP contribution in [0.15, 0.2) is 58.4 Å². The Balaban J connectivity index is 1.83. The summed E-state index contributed by atoms with van der Waals surface area (Å²) in [6.45, 7) is 3.70. The molecule has 0 heterocycles. The predicted octanol–water partition coefficient (Wildman–Crippen LogP) is 2.36. The van der Waals surface area contributed by atoms with Gasteiger partial charge in [0.2, 0.25) is 0 Å². The summed E-state index contributed by atoms with van der Waals surface area (Å²) >= 11 is 0. The van der Waals surface area contributed by atoms with Gasteiger partial charge >= 0.3 is 0 Å². The molecule has 0 spiro atoms. The highest BCUT2D eigenvalue weighted by Crippen LogP contribution is 2.15. The van der Waals surface area contributed by atoms with Crippen molar-refractivity contribution in [2.75, 3.05) is 26.0 Å². The Morgan fingerprint density at radius 1 is 1.11 bits per heavy atom. The second-order valence-electron chi connectivity index (χ2n) is 5.81. The second kappa shape index (κ2) is 9.91. The number of nitrogens with one attached hydrogen (secondary N) is 2. The molecule has 0 atom stereocenters. The number of halogens is 1. The molecule has 0 unspecified atom stereocenters. The maximum Gasteiger partial charge on any atom is 0.191 e. The van der Waals surface area contributed by atoms with Crippen molar-refractivity contribution in [3.05, 3.63) is 59.9 Å². The Hall–Kier alpha value is -2.61. The van der Waals surface area contributed by atoms with Crippen molar-refractivity contribution in [2.24, 2.45) is 4.99 Å². The Morgan fingerprint density at radius 2 is 1.81 bits per heavy atom. The average Bonchev–Trinajstić information content (AvgIpc) is 2.64. The number of aliphatic imine (C=N–C) groups is 1. The zero-order valence-corrected chi connectivity index (χ0v) is 16.2. The second-order valence-corrected chi connectivity index (χ2v) is 7.82. The van der Waals surface area contributed by atoms with Crippen molar-refractivity contribution in [1.29, 1.82) is 0 Å². The number of nitrogens with zero attached hydrogens (tertiary/aromatic N) is 1. The van der Waals surface area contributed by atoms with Crippen molar-refractivity contribution in [1.82, 2.24) is 10.6 Å². The van der Waals surface area contributed by atoms with E-state index in [9.17, 15) is 12.8 Å². The fourth-order valence-electron chi connectivity index (χ4n) is 2.25. The summed E-state index contributed by atoms with van der Waals surface area (Å²) in [6, 6.07) is 12.8. The van der Waals surface area contributed by atoms with Gasteiger partial charge in [-0.3, -0.25) is 0 Å². The Morgan fingerprint density at radius 3 is 2.44 bits per heavy atom.